The zero-order valence-electron chi connectivity index (χ0n) is 91.0. The van der Waals surface area contributed by atoms with Gasteiger partial charge in [0.1, 0.15) is 17.3 Å². The molecule has 10 aromatic carbocycles. The molecule has 0 spiro atoms. The van der Waals surface area contributed by atoms with Gasteiger partial charge in [0.2, 0.25) is 0 Å². The number of aromatic nitrogens is 5. The minimum Gasteiger partial charge on any atom is -0.512 e. The number of aliphatic hydroxyl groups is 4. The molecule has 18 heteroatoms. The predicted octanol–water partition coefficient (Wildman–Crippen LogP) is 33.1. The summed E-state index contributed by atoms with van der Waals surface area (Å²) in [6.07, 6.45) is 9.77. The normalized spacial score (nSPS) is 11.3. The maximum atomic E-state index is 11.5. The van der Waals surface area contributed by atoms with Crippen molar-refractivity contribution in [3.8, 4) is 67.4 Å². The van der Waals surface area contributed by atoms with E-state index in [1.165, 1.54) is 123 Å². The van der Waals surface area contributed by atoms with Crippen LogP contribution in [-0.2, 0) is 133 Å². The fraction of sp³-hybridized carbons (Fsp3) is 0.295. The quantitative estimate of drug-likeness (QED) is 0.0428. The molecule has 0 saturated carbocycles. The van der Waals surface area contributed by atoms with Gasteiger partial charge < -0.3 is 30.4 Å². The zero-order chi connectivity index (χ0) is 105. The van der Waals surface area contributed by atoms with Gasteiger partial charge in [-0.1, -0.05) is 316 Å². The Morgan fingerprint density at radius 3 is 1.24 bits per heavy atom. The van der Waals surface area contributed by atoms with Gasteiger partial charge in [0.15, 0.2) is 23.1 Å². The van der Waals surface area contributed by atoms with E-state index in [2.05, 4.69) is 283 Å². The van der Waals surface area contributed by atoms with Gasteiger partial charge in [-0.2, -0.15) is 0 Å². The average molecular weight is 2860 g/mol. The summed E-state index contributed by atoms with van der Waals surface area (Å²) in [7, 11) is 0. The van der Waals surface area contributed by atoms with Gasteiger partial charge in [-0.15, -0.1) is 176 Å². The molecular weight excluding hydrogens is 2710 g/mol. The molecule has 0 aliphatic heterocycles. The molecule has 785 valence electrons. The number of nitrogens with zero attached hydrogens (tertiary/aromatic N) is 5. The summed E-state index contributed by atoms with van der Waals surface area (Å²) >= 11 is 0. The maximum Gasteiger partial charge on any atom is 0.164 e. The van der Waals surface area contributed by atoms with Gasteiger partial charge in [-0.05, 0) is 159 Å². The van der Waals surface area contributed by atoms with E-state index in [9.17, 15) is 34.5 Å². The number of rotatable bonds is 15. The summed E-state index contributed by atoms with van der Waals surface area (Å²) in [5.41, 5.74) is 30.6. The smallest absolute Gasteiger partial charge is 0.164 e. The standard InChI is InChI=1S/2C21H22N.C20H18N.C17H14N.C12H10N.C11H12O2.2C11H20O2.C5H8O2.5Ir/c1-14(2)10-17-6-5-7-21-19(17)8-9-20(22-21)18-12-15(3)11-16(4)13-18;1-14(2)9-17-13-21(18-11-15(3)10-16(4)12-18)22-20-8-6-5-7-19(17)20;1-14-9-15(2)11-18(10-14)19-13-21-20(12-16(19)3)17-7-5-4-6-8-17;1-12-9-13(2)11-15(10-12)17-8-7-14-5-3-4-6-16(14)18-17;1-10-6-2-3-7-11(10)12-8-4-5-9-13-12;1-8(12)11(9(2)13)10-6-4-3-5-7-10;2*1-10(2,3)8(12)7-9(13)11(4,5)6;1-4(6)3-5(2)7;;;;;/h5-9,11-12,14H,10H2,1-4H3;5-8,10-11,13-14H,9H2,1-4H3;4-7,9-13H,1-3H3;3-10H,1-2H3;2-6,8-9H,1H3;3-7,12H,1-2H3;2*7,12H,1-6H3;3,6H,1-2H3;;;;;/q5*-1;;;;;;;;;. The van der Waals surface area contributed by atoms with Crippen LogP contribution in [0.5, 0.6) is 0 Å². The maximum absolute atomic E-state index is 11.5. The topological polar surface area (TPSA) is 214 Å². The molecular formula is C129H146Ir5N5O8-5. The second-order valence-electron chi connectivity index (χ2n) is 41.3. The summed E-state index contributed by atoms with van der Waals surface area (Å²) in [4.78, 5) is 67.5. The van der Waals surface area contributed by atoms with E-state index in [-0.39, 0.29) is 158 Å². The molecule has 15 rings (SSSR count). The van der Waals surface area contributed by atoms with Gasteiger partial charge >= 0.3 is 0 Å². The van der Waals surface area contributed by atoms with Crippen LogP contribution in [0.4, 0.5) is 0 Å². The number of para-hydroxylation sites is 2. The number of aliphatic hydroxyl groups excluding tert-OH is 4. The van der Waals surface area contributed by atoms with E-state index in [0.717, 1.165) is 108 Å². The Morgan fingerprint density at radius 1 is 0.361 bits per heavy atom. The zero-order valence-corrected chi connectivity index (χ0v) is 103. The van der Waals surface area contributed by atoms with Crippen LogP contribution >= 0.6 is 0 Å². The summed E-state index contributed by atoms with van der Waals surface area (Å²) in [5.74, 6) is 1.37. The molecule has 15 aromatic rings. The number of Topliss-reactive ketones (excluding diaryl/α,β-unsaturated/α-hetero) is 1. The van der Waals surface area contributed by atoms with E-state index < -0.39 is 10.8 Å². The predicted molar refractivity (Wildman–Crippen MR) is 594 cm³/mol. The Kier molecular flexibility index (Phi) is 55.9. The number of carbonyl (C=O) groups is 4. The first-order valence-corrected chi connectivity index (χ1v) is 48.5. The van der Waals surface area contributed by atoms with Crippen molar-refractivity contribution < 1.29 is 140 Å². The molecule has 0 amide bonds. The van der Waals surface area contributed by atoms with Crippen LogP contribution in [-0.4, -0.2) is 68.5 Å². The van der Waals surface area contributed by atoms with Crippen molar-refractivity contribution in [2.24, 2.45) is 33.5 Å². The van der Waals surface area contributed by atoms with Gasteiger partial charge in [-0.3, -0.25) is 34.1 Å². The Hall–Kier alpha value is -11.2. The number of aryl methyl sites for hydroxylation is 10. The molecule has 0 aliphatic rings. The van der Waals surface area contributed by atoms with Crippen LogP contribution < -0.4 is 0 Å². The van der Waals surface area contributed by atoms with Crippen LogP contribution in [0.3, 0.4) is 0 Å². The van der Waals surface area contributed by atoms with Crippen LogP contribution in [0.15, 0.2) is 302 Å². The summed E-state index contributed by atoms with van der Waals surface area (Å²) in [6, 6.07) is 101. The van der Waals surface area contributed by atoms with E-state index in [0.29, 0.717) is 17.4 Å². The number of hydrogen-bond donors (Lipinski definition) is 4. The molecule has 0 saturated heterocycles. The molecule has 13 nitrogen and oxygen atoms in total. The van der Waals surface area contributed by atoms with Crippen molar-refractivity contribution in [3.05, 3.63) is 405 Å². The fourth-order valence-electron chi connectivity index (χ4n) is 15.0. The van der Waals surface area contributed by atoms with Crippen LogP contribution in [0, 0.1) is 133 Å². The largest absolute Gasteiger partial charge is 0.512 e. The number of pyridine rings is 5. The van der Waals surface area contributed by atoms with E-state index in [1.807, 2.05) is 180 Å². The Balaban J connectivity index is 0.000000565. The molecule has 5 heterocycles. The molecule has 5 radical (unpaired) electrons. The third-order valence-electron chi connectivity index (χ3n) is 22.1. The van der Waals surface area contributed by atoms with Gasteiger partial charge in [-0.25, -0.2) is 0 Å². The third kappa shape index (κ3) is 44.6. The van der Waals surface area contributed by atoms with Gasteiger partial charge in [0, 0.05) is 169 Å². The summed E-state index contributed by atoms with van der Waals surface area (Å²) in [5, 5.41) is 40.5. The molecule has 0 fully saturated rings. The minimum atomic E-state index is -0.417. The number of carbonyl (C=O) groups excluding carboxylic acids is 4. The van der Waals surface area contributed by atoms with Crippen molar-refractivity contribution in [2.75, 3.05) is 0 Å². The van der Waals surface area contributed by atoms with Crippen molar-refractivity contribution in [3.63, 3.8) is 0 Å². The first kappa shape index (κ1) is 132. The van der Waals surface area contributed by atoms with Crippen molar-refractivity contribution in [1.29, 1.82) is 0 Å². The van der Waals surface area contributed by atoms with Crippen molar-refractivity contribution in [2.45, 2.75) is 221 Å². The number of fused-ring (bicyclic) bond motifs is 3. The Bertz CT molecular complexity index is 6780. The third-order valence-corrected chi connectivity index (χ3v) is 22.1. The Morgan fingerprint density at radius 2 is 0.803 bits per heavy atom. The van der Waals surface area contributed by atoms with Crippen molar-refractivity contribution in [1.82, 2.24) is 24.9 Å². The first-order valence-electron chi connectivity index (χ1n) is 48.5. The molecule has 0 unspecified atom stereocenters. The SMILES string of the molecule is CC(=O)C(=C(C)O)c1ccccc1.CC(=O)C=C(C)O.CC(C)(C)C(=O)C=C(O)C(C)(C)C.CC(C)(C)C(=O)C=C(O)C(C)(C)C.Cc1[c-]c(-c2cc(CC(C)C)c3ccccc3n2)cc(C)c1.Cc1[c-]c(-c2ccc3c(CC(C)C)cccc3n2)cc(C)c1.Cc1[c-]c(-c2ccc3ccccc3n2)cc(C)c1.Cc1cc(C)cc(-c2cnc(-c3[c-]cccc3)cc2C)c1.Cc1ccc[c-]c1-c1ccccn1.[Ir].[Ir].[Ir].[Ir].[Ir]. The van der Waals surface area contributed by atoms with Crippen LogP contribution in [0.1, 0.15) is 211 Å². The molecule has 147 heavy (non-hydrogen) atoms. The second kappa shape index (κ2) is 62.3. The Labute approximate surface area is 944 Å². The molecule has 5 aromatic heterocycles. The molecule has 0 aliphatic carbocycles. The summed E-state index contributed by atoms with van der Waals surface area (Å²) < 4.78 is 0. The van der Waals surface area contributed by atoms with Crippen LogP contribution in [0.2, 0.25) is 0 Å². The van der Waals surface area contributed by atoms with Gasteiger partial charge in [0.05, 0.1) is 27.9 Å². The van der Waals surface area contributed by atoms with Crippen molar-refractivity contribution >= 4 is 61.4 Å². The summed E-state index contributed by atoms with van der Waals surface area (Å²) in [6.45, 7) is 58.1. The first-order chi connectivity index (χ1) is 66.6. The average Bonchev–Trinajstić information content (AvgIpc) is 0.804. The van der Waals surface area contributed by atoms with E-state index >= 15 is 0 Å². The molecule has 0 atom stereocenters. The van der Waals surface area contributed by atoms with Crippen LogP contribution in [0.25, 0.3) is 106 Å². The number of ketones is 4. The van der Waals surface area contributed by atoms with E-state index in [4.69, 9.17) is 20.1 Å². The number of hydrogen-bond acceptors (Lipinski definition) is 13. The minimum absolute atomic E-state index is 0. The number of benzene rings is 10. The molecule has 0 bridgehead atoms. The van der Waals surface area contributed by atoms with E-state index in [1.54, 1.807) is 18.3 Å². The molecule has 4 N–H and O–H groups in total. The van der Waals surface area contributed by atoms with Gasteiger partial charge in [0.25, 0.3) is 0 Å². The monoisotopic (exact) mass is 2860 g/mol. The number of allylic oxidation sites excluding steroid dienone is 8. The second-order valence-corrected chi connectivity index (χ2v) is 41.3. The fourth-order valence-corrected chi connectivity index (χ4v) is 15.0.